The molecule has 0 aliphatic carbocycles. The summed E-state index contributed by atoms with van der Waals surface area (Å²) in [5.41, 5.74) is -1.76. The summed E-state index contributed by atoms with van der Waals surface area (Å²) in [6, 6.07) is -0.583. The van der Waals surface area contributed by atoms with Gasteiger partial charge >= 0.3 is 12.3 Å². The zero-order chi connectivity index (χ0) is 18.0. The average Bonchev–Trinajstić information content (AvgIpc) is 2.35. The molecule has 1 rings (SSSR count). The third kappa shape index (κ3) is 5.37. The number of hydrogen-bond acceptors (Lipinski definition) is 3. The molecular formula is C15H20F4N2O2. The predicted molar refractivity (Wildman–Crippen MR) is 76.1 cm³/mol. The lowest BCUT2D eigenvalue weighted by atomic mass is 9.90. The van der Waals surface area contributed by atoms with Crippen LogP contribution in [0, 0.1) is 11.2 Å². The lowest BCUT2D eigenvalue weighted by molar-refractivity contribution is -0.138. The zero-order valence-corrected chi connectivity index (χ0v) is 13.6. The molecule has 1 heterocycles. The van der Waals surface area contributed by atoms with Crippen molar-refractivity contribution >= 4 is 6.09 Å². The van der Waals surface area contributed by atoms with E-state index in [0.717, 1.165) is 0 Å². The highest BCUT2D eigenvalue weighted by Gasteiger charge is 2.32. The van der Waals surface area contributed by atoms with Crippen molar-refractivity contribution in [3.8, 4) is 0 Å². The molecule has 23 heavy (non-hydrogen) atoms. The molecule has 0 fully saturated rings. The van der Waals surface area contributed by atoms with Gasteiger partial charge in [-0.1, -0.05) is 20.8 Å². The van der Waals surface area contributed by atoms with Gasteiger partial charge in [-0.05, 0) is 25.3 Å². The van der Waals surface area contributed by atoms with Gasteiger partial charge in [-0.3, -0.25) is 4.98 Å². The van der Waals surface area contributed by atoms with Gasteiger partial charge < -0.3 is 10.1 Å². The van der Waals surface area contributed by atoms with Gasteiger partial charge in [-0.2, -0.15) is 13.2 Å². The van der Waals surface area contributed by atoms with Gasteiger partial charge in [-0.15, -0.1) is 0 Å². The molecule has 1 amide bonds. The van der Waals surface area contributed by atoms with E-state index >= 15 is 0 Å². The first-order valence-electron chi connectivity index (χ1n) is 7.02. The lowest BCUT2D eigenvalue weighted by Crippen LogP contribution is -2.35. The third-order valence-corrected chi connectivity index (χ3v) is 3.44. The van der Waals surface area contributed by atoms with E-state index in [9.17, 15) is 22.4 Å². The number of rotatable bonds is 3. The standard InChI is InChI=1S/C15H20F4N2O2/c1-8(21-13(22)23-9(2)14(3,4)5)12-11(16)6-10(7-20-12)15(17,18)19/h6-9H,1-5H3,(H,21,22). The first kappa shape index (κ1) is 19.2. The number of aromatic nitrogens is 1. The number of halogens is 4. The van der Waals surface area contributed by atoms with Gasteiger partial charge in [0.15, 0.2) is 0 Å². The van der Waals surface area contributed by atoms with Gasteiger partial charge in [0.25, 0.3) is 0 Å². The first-order chi connectivity index (χ1) is 10.3. The van der Waals surface area contributed by atoms with Crippen molar-refractivity contribution in [1.82, 2.24) is 10.3 Å². The topological polar surface area (TPSA) is 51.2 Å². The number of nitrogens with zero attached hydrogens (tertiary/aromatic N) is 1. The maximum absolute atomic E-state index is 13.8. The first-order valence-corrected chi connectivity index (χ1v) is 7.02. The molecule has 0 bridgehead atoms. The van der Waals surface area contributed by atoms with Crippen LogP contribution in [0.4, 0.5) is 22.4 Å². The van der Waals surface area contributed by atoms with Crippen LogP contribution >= 0.6 is 0 Å². The van der Waals surface area contributed by atoms with Crippen LogP contribution in [0.25, 0.3) is 0 Å². The number of carbonyl (C=O) groups excluding carboxylic acids is 1. The molecule has 0 radical (unpaired) electrons. The third-order valence-electron chi connectivity index (χ3n) is 3.44. The van der Waals surface area contributed by atoms with Crippen LogP contribution in [-0.4, -0.2) is 17.2 Å². The highest BCUT2D eigenvalue weighted by Crippen LogP contribution is 2.30. The molecule has 0 aliphatic heterocycles. The van der Waals surface area contributed by atoms with E-state index in [0.29, 0.717) is 12.3 Å². The van der Waals surface area contributed by atoms with Gasteiger partial charge in [0.05, 0.1) is 17.3 Å². The fraction of sp³-hybridized carbons (Fsp3) is 0.600. The van der Waals surface area contributed by atoms with Crippen molar-refractivity contribution in [3.63, 3.8) is 0 Å². The van der Waals surface area contributed by atoms with E-state index in [4.69, 9.17) is 4.74 Å². The summed E-state index contributed by atoms with van der Waals surface area (Å²) in [7, 11) is 0. The molecule has 8 heteroatoms. The highest BCUT2D eigenvalue weighted by molar-refractivity contribution is 5.68. The summed E-state index contributed by atoms with van der Waals surface area (Å²) in [5, 5.41) is 2.35. The number of ether oxygens (including phenoxy) is 1. The Morgan fingerprint density at radius 1 is 1.26 bits per heavy atom. The second-order valence-electron chi connectivity index (χ2n) is 6.37. The number of alkyl carbamates (subject to hydrolysis) is 1. The Kier molecular flexibility index (Phi) is 5.60. The van der Waals surface area contributed by atoms with Crippen molar-refractivity contribution in [2.24, 2.45) is 5.41 Å². The number of pyridine rings is 1. The number of amides is 1. The van der Waals surface area contributed by atoms with Crippen LogP contribution in [-0.2, 0) is 10.9 Å². The second kappa shape index (κ2) is 6.72. The molecule has 2 atom stereocenters. The Bertz CT molecular complexity index is 568. The van der Waals surface area contributed by atoms with Crippen molar-refractivity contribution in [2.45, 2.75) is 52.9 Å². The Hall–Kier alpha value is -1.86. The molecule has 0 saturated heterocycles. The van der Waals surface area contributed by atoms with Crippen LogP contribution in [0.1, 0.15) is 51.9 Å². The van der Waals surface area contributed by atoms with Gasteiger partial charge in [0.1, 0.15) is 11.9 Å². The van der Waals surface area contributed by atoms with E-state index in [1.54, 1.807) is 6.92 Å². The van der Waals surface area contributed by atoms with Crippen molar-refractivity contribution in [2.75, 3.05) is 0 Å². The summed E-state index contributed by atoms with van der Waals surface area (Å²) >= 11 is 0. The van der Waals surface area contributed by atoms with E-state index < -0.39 is 35.8 Å². The molecule has 2 unspecified atom stereocenters. The van der Waals surface area contributed by atoms with Gasteiger partial charge in [-0.25, -0.2) is 9.18 Å². The summed E-state index contributed by atoms with van der Waals surface area (Å²) in [6.45, 7) is 8.76. The minimum absolute atomic E-state index is 0.279. The van der Waals surface area contributed by atoms with E-state index in [1.807, 2.05) is 20.8 Å². The molecular weight excluding hydrogens is 316 g/mol. The van der Waals surface area contributed by atoms with Gasteiger partial charge in [0, 0.05) is 6.20 Å². The zero-order valence-electron chi connectivity index (χ0n) is 13.6. The Morgan fingerprint density at radius 3 is 2.26 bits per heavy atom. The maximum atomic E-state index is 13.8. The smallest absolute Gasteiger partial charge is 0.417 e. The second-order valence-corrected chi connectivity index (χ2v) is 6.37. The molecule has 0 aromatic carbocycles. The Labute approximate surface area is 132 Å². The number of hydrogen-bond donors (Lipinski definition) is 1. The lowest BCUT2D eigenvalue weighted by Gasteiger charge is -2.27. The number of nitrogens with one attached hydrogen (secondary N) is 1. The van der Waals surface area contributed by atoms with Gasteiger partial charge in [0.2, 0.25) is 0 Å². The van der Waals surface area contributed by atoms with Crippen LogP contribution in [0.5, 0.6) is 0 Å². The van der Waals surface area contributed by atoms with E-state index in [1.165, 1.54) is 6.92 Å². The van der Waals surface area contributed by atoms with Crippen LogP contribution < -0.4 is 5.32 Å². The fourth-order valence-corrected chi connectivity index (χ4v) is 1.54. The molecule has 130 valence electrons. The molecule has 0 saturated carbocycles. The minimum atomic E-state index is -4.68. The fourth-order valence-electron chi connectivity index (χ4n) is 1.54. The monoisotopic (exact) mass is 336 g/mol. The molecule has 1 N–H and O–H groups in total. The summed E-state index contributed by atoms with van der Waals surface area (Å²) in [6.07, 6.45) is -5.34. The predicted octanol–water partition coefficient (Wildman–Crippen LogP) is 4.46. The summed E-state index contributed by atoms with van der Waals surface area (Å²) in [4.78, 5) is 15.2. The van der Waals surface area contributed by atoms with Crippen molar-refractivity contribution in [1.29, 1.82) is 0 Å². The Balaban J connectivity index is 2.79. The minimum Gasteiger partial charge on any atom is -0.446 e. The number of carbonyl (C=O) groups is 1. The summed E-state index contributed by atoms with van der Waals surface area (Å²) in [5.74, 6) is -1.14. The normalized spacial score (nSPS) is 15.0. The molecule has 1 aromatic heterocycles. The SMILES string of the molecule is CC(NC(=O)OC(C)C(C)(C)C)c1ncc(C(F)(F)F)cc1F. The number of alkyl halides is 3. The van der Waals surface area contributed by atoms with Crippen LogP contribution in [0.3, 0.4) is 0 Å². The summed E-state index contributed by atoms with van der Waals surface area (Å²) < 4.78 is 56.3. The van der Waals surface area contributed by atoms with E-state index in [-0.39, 0.29) is 11.1 Å². The quantitative estimate of drug-likeness (QED) is 0.829. The van der Waals surface area contributed by atoms with Crippen LogP contribution in [0.2, 0.25) is 0 Å². The van der Waals surface area contributed by atoms with Crippen LogP contribution in [0.15, 0.2) is 12.3 Å². The molecule has 0 aliphatic rings. The largest absolute Gasteiger partial charge is 0.446 e. The van der Waals surface area contributed by atoms with Crippen molar-refractivity contribution < 1.29 is 27.1 Å². The Morgan fingerprint density at radius 2 is 1.83 bits per heavy atom. The molecule has 4 nitrogen and oxygen atoms in total. The average molecular weight is 336 g/mol. The maximum Gasteiger partial charge on any atom is 0.417 e. The molecule has 1 aromatic rings. The molecule has 0 spiro atoms. The van der Waals surface area contributed by atoms with E-state index in [2.05, 4.69) is 10.3 Å². The van der Waals surface area contributed by atoms with Crippen molar-refractivity contribution in [3.05, 3.63) is 29.3 Å². The highest BCUT2D eigenvalue weighted by atomic mass is 19.4.